The van der Waals surface area contributed by atoms with Crippen LogP contribution >= 0.6 is 11.8 Å². The normalized spacial score (nSPS) is 13.6. The molecule has 0 unspecified atom stereocenters. The highest BCUT2D eigenvalue weighted by atomic mass is 32.2. The van der Waals surface area contributed by atoms with Gasteiger partial charge in [0.15, 0.2) is 17.5 Å². The van der Waals surface area contributed by atoms with Crippen LogP contribution in [0.25, 0.3) is 67.2 Å². The van der Waals surface area contributed by atoms with Gasteiger partial charge in [0, 0.05) is 32.4 Å². The minimum Gasteiger partial charge on any atom is -0.455 e. The zero-order chi connectivity index (χ0) is 33.5. The quantitative estimate of drug-likeness (QED) is 0.187. The van der Waals surface area contributed by atoms with E-state index in [1.165, 1.54) is 38.3 Å². The van der Waals surface area contributed by atoms with Gasteiger partial charge in [-0.05, 0) is 57.6 Å². The number of benzene rings is 7. The number of furan rings is 1. The Bertz CT molecular complexity index is 2740. The molecule has 51 heavy (non-hydrogen) atoms. The van der Waals surface area contributed by atoms with Gasteiger partial charge in [0.1, 0.15) is 11.2 Å². The van der Waals surface area contributed by atoms with Crippen LogP contribution in [0.1, 0.15) is 22.3 Å². The van der Waals surface area contributed by atoms with Crippen molar-refractivity contribution in [3.63, 3.8) is 0 Å². The summed E-state index contributed by atoms with van der Waals surface area (Å²) >= 11 is 1.81. The van der Waals surface area contributed by atoms with Crippen molar-refractivity contribution in [3.05, 3.63) is 186 Å². The van der Waals surface area contributed by atoms with Crippen molar-refractivity contribution >= 4 is 33.7 Å². The van der Waals surface area contributed by atoms with Gasteiger partial charge in [-0.2, -0.15) is 0 Å². The number of fused-ring (bicyclic) bond motifs is 13. The molecule has 2 aromatic heterocycles. The highest BCUT2D eigenvalue weighted by Gasteiger charge is 2.50. The molecule has 0 bridgehead atoms. The maximum atomic E-state index is 6.85. The molecule has 9 aromatic rings. The lowest BCUT2D eigenvalue weighted by atomic mass is 9.67. The van der Waals surface area contributed by atoms with E-state index in [4.69, 9.17) is 19.4 Å². The van der Waals surface area contributed by atoms with Gasteiger partial charge in [0.05, 0.1) is 10.3 Å². The summed E-state index contributed by atoms with van der Waals surface area (Å²) in [5.41, 5.74) is 11.9. The minimum atomic E-state index is -0.449. The van der Waals surface area contributed by atoms with E-state index in [1.807, 2.05) is 72.4 Å². The van der Waals surface area contributed by atoms with Crippen molar-refractivity contribution in [3.8, 4) is 45.3 Å². The van der Waals surface area contributed by atoms with Gasteiger partial charge in [-0.15, -0.1) is 0 Å². The molecule has 4 nitrogen and oxygen atoms in total. The third-order valence-corrected chi connectivity index (χ3v) is 11.6. The van der Waals surface area contributed by atoms with Crippen LogP contribution in [-0.2, 0) is 5.41 Å². The molecule has 0 amide bonds. The molecule has 1 aliphatic heterocycles. The van der Waals surface area contributed by atoms with Crippen molar-refractivity contribution in [2.75, 3.05) is 0 Å². The molecule has 238 valence electrons. The SMILES string of the molecule is c1ccc(-c2nc(-c3ccccc3)nc(-c3ccc4oc5c6c(ccc5c4c3)C3(c4ccccc4S6)c4ccccc4-c4ccccc43)n2)cc1. The molecule has 0 fully saturated rings. The number of hydrogen-bond acceptors (Lipinski definition) is 5. The predicted molar refractivity (Wildman–Crippen MR) is 205 cm³/mol. The van der Waals surface area contributed by atoms with E-state index in [0.29, 0.717) is 17.5 Å². The molecule has 1 spiro atoms. The summed E-state index contributed by atoms with van der Waals surface area (Å²) in [5.74, 6) is 1.91. The molecular weight excluding hydrogens is 643 g/mol. The van der Waals surface area contributed by atoms with Crippen LogP contribution in [0.4, 0.5) is 0 Å². The van der Waals surface area contributed by atoms with Crippen molar-refractivity contribution in [2.24, 2.45) is 0 Å². The Labute approximate surface area is 298 Å². The molecule has 1 aliphatic carbocycles. The summed E-state index contributed by atoms with van der Waals surface area (Å²) in [5, 5.41) is 2.11. The lowest BCUT2D eigenvalue weighted by molar-refractivity contribution is 0.649. The molecule has 0 atom stereocenters. The average molecular weight is 670 g/mol. The average Bonchev–Trinajstić information content (AvgIpc) is 3.73. The van der Waals surface area contributed by atoms with Gasteiger partial charge >= 0.3 is 0 Å². The number of rotatable bonds is 3. The van der Waals surface area contributed by atoms with Crippen molar-refractivity contribution < 1.29 is 4.42 Å². The van der Waals surface area contributed by atoms with Gasteiger partial charge in [-0.3, -0.25) is 0 Å². The highest BCUT2D eigenvalue weighted by molar-refractivity contribution is 7.99. The maximum absolute atomic E-state index is 6.85. The van der Waals surface area contributed by atoms with Crippen LogP contribution in [0.15, 0.2) is 178 Å². The van der Waals surface area contributed by atoms with Gasteiger partial charge < -0.3 is 4.42 Å². The molecule has 7 aromatic carbocycles. The summed E-state index contributed by atoms with van der Waals surface area (Å²) in [6.07, 6.45) is 0. The van der Waals surface area contributed by atoms with E-state index >= 15 is 0 Å². The van der Waals surface area contributed by atoms with Gasteiger partial charge in [0.2, 0.25) is 0 Å². The van der Waals surface area contributed by atoms with E-state index in [2.05, 4.69) is 103 Å². The number of hydrogen-bond donors (Lipinski definition) is 0. The Morgan fingerprint density at radius 1 is 0.431 bits per heavy atom. The summed E-state index contributed by atoms with van der Waals surface area (Å²) in [6, 6.07) is 57.7. The topological polar surface area (TPSA) is 51.8 Å². The van der Waals surface area contributed by atoms with Gasteiger partial charge in [-0.1, -0.05) is 151 Å². The van der Waals surface area contributed by atoms with E-state index in [-0.39, 0.29) is 0 Å². The second-order valence-corrected chi connectivity index (χ2v) is 14.2. The monoisotopic (exact) mass is 669 g/mol. The van der Waals surface area contributed by atoms with Crippen LogP contribution in [0, 0.1) is 0 Å². The first-order valence-corrected chi connectivity index (χ1v) is 17.9. The van der Waals surface area contributed by atoms with Crippen LogP contribution in [-0.4, -0.2) is 15.0 Å². The third kappa shape index (κ3) is 4.07. The highest BCUT2D eigenvalue weighted by Crippen LogP contribution is 2.63. The first-order valence-electron chi connectivity index (χ1n) is 17.1. The maximum Gasteiger partial charge on any atom is 0.164 e. The molecule has 0 N–H and O–H groups in total. The molecule has 0 saturated heterocycles. The van der Waals surface area contributed by atoms with E-state index < -0.39 is 5.41 Å². The van der Waals surface area contributed by atoms with Crippen molar-refractivity contribution in [1.29, 1.82) is 0 Å². The lowest BCUT2D eigenvalue weighted by Gasteiger charge is -2.39. The summed E-state index contributed by atoms with van der Waals surface area (Å²) in [6.45, 7) is 0. The second-order valence-electron chi connectivity index (χ2n) is 13.1. The first-order chi connectivity index (χ1) is 25.3. The zero-order valence-corrected chi connectivity index (χ0v) is 28.1. The zero-order valence-electron chi connectivity index (χ0n) is 27.2. The predicted octanol–water partition coefficient (Wildman–Crippen LogP) is 11.6. The van der Waals surface area contributed by atoms with E-state index in [9.17, 15) is 0 Å². The van der Waals surface area contributed by atoms with Gasteiger partial charge in [-0.25, -0.2) is 15.0 Å². The van der Waals surface area contributed by atoms with Crippen molar-refractivity contribution in [2.45, 2.75) is 15.2 Å². The van der Waals surface area contributed by atoms with Crippen molar-refractivity contribution in [1.82, 2.24) is 15.0 Å². The largest absolute Gasteiger partial charge is 0.455 e. The number of aromatic nitrogens is 3. The van der Waals surface area contributed by atoms with Crippen LogP contribution in [0.3, 0.4) is 0 Å². The van der Waals surface area contributed by atoms with Crippen LogP contribution < -0.4 is 0 Å². The molecule has 11 rings (SSSR count). The first kappa shape index (κ1) is 28.5. The number of nitrogens with zero attached hydrogens (tertiary/aromatic N) is 3. The minimum absolute atomic E-state index is 0.449. The smallest absolute Gasteiger partial charge is 0.164 e. The molecule has 5 heteroatoms. The van der Waals surface area contributed by atoms with Crippen LogP contribution in [0.5, 0.6) is 0 Å². The Hall–Kier alpha value is -6.30. The standard InChI is InChI=1S/C46H27N3OS/c1-3-13-28(14-4-1)43-47-44(29-15-5-2-6-16-29)49-45(48-43)30-23-26-39-34(27-30)33-24-25-38-42(41(33)50-39)51-40-22-12-11-21-37(40)46(38)35-19-9-7-17-31(35)32-18-8-10-20-36(32)46/h1-27H. The fourth-order valence-electron chi connectivity index (χ4n) is 8.22. The van der Waals surface area contributed by atoms with Gasteiger partial charge in [0.25, 0.3) is 0 Å². The summed E-state index contributed by atoms with van der Waals surface area (Å²) in [4.78, 5) is 17.3. The van der Waals surface area contributed by atoms with E-state index in [0.717, 1.165) is 43.5 Å². The molecule has 2 aliphatic rings. The Balaban J connectivity index is 1.14. The van der Waals surface area contributed by atoms with E-state index in [1.54, 1.807) is 0 Å². The Morgan fingerprint density at radius 2 is 0.980 bits per heavy atom. The fourth-order valence-corrected chi connectivity index (χ4v) is 9.50. The molecule has 3 heterocycles. The molecule has 0 radical (unpaired) electrons. The third-order valence-electron chi connectivity index (χ3n) is 10.4. The lowest BCUT2D eigenvalue weighted by Crippen LogP contribution is -2.31. The Kier molecular flexibility index (Phi) is 6.07. The molecular formula is C46H27N3OS. The summed E-state index contributed by atoms with van der Waals surface area (Å²) in [7, 11) is 0. The van der Waals surface area contributed by atoms with Crippen LogP contribution in [0.2, 0.25) is 0 Å². The fraction of sp³-hybridized carbons (Fsp3) is 0.0217. The summed E-state index contributed by atoms with van der Waals surface area (Å²) < 4.78 is 6.85. The Morgan fingerprint density at radius 3 is 1.63 bits per heavy atom. The second kappa shape index (κ2) is 10.8. The molecule has 0 saturated carbocycles.